The van der Waals surface area contributed by atoms with Crippen molar-refractivity contribution >= 4 is 11.9 Å². The van der Waals surface area contributed by atoms with Crippen LogP contribution in [0.4, 0.5) is 0 Å². The van der Waals surface area contributed by atoms with Gasteiger partial charge in [0.15, 0.2) is 0 Å². The molecule has 0 saturated heterocycles. The highest BCUT2D eigenvalue weighted by Crippen LogP contribution is 2.33. The van der Waals surface area contributed by atoms with Crippen molar-refractivity contribution in [2.24, 2.45) is 0 Å². The van der Waals surface area contributed by atoms with Crippen molar-refractivity contribution in [1.29, 1.82) is 0 Å². The number of amides is 1. The van der Waals surface area contributed by atoms with E-state index in [0.717, 1.165) is 32.1 Å². The van der Waals surface area contributed by atoms with E-state index in [1.165, 1.54) is 6.92 Å². The zero-order valence-corrected chi connectivity index (χ0v) is 9.21. The average Bonchev–Trinajstić information content (AvgIpc) is 2.51. The SMILES string of the molecule is CC(=O)NC1(CCCC(=O)O)CCCC1. The van der Waals surface area contributed by atoms with Crippen molar-refractivity contribution < 1.29 is 14.7 Å². The van der Waals surface area contributed by atoms with Gasteiger partial charge in [0.2, 0.25) is 5.91 Å². The van der Waals surface area contributed by atoms with Crippen molar-refractivity contribution in [3.63, 3.8) is 0 Å². The number of carbonyl (C=O) groups excluding carboxylic acids is 1. The van der Waals surface area contributed by atoms with Crippen LogP contribution in [-0.4, -0.2) is 22.5 Å². The highest BCUT2D eigenvalue weighted by atomic mass is 16.4. The van der Waals surface area contributed by atoms with Gasteiger partial charge in [-0.2, -0.15) is 0 Å². The van der Waals surface area contributed by atoms with Crippen LogP contribution < -0.4 is 5.32 Å². The van der Waals surface area contributed by atoms with Crippen molar-refractivity contribution in [2.45, 2.75) is 57.4 Å². The maximum Gasteiger partial charge on any atom is 0.303 e. The van der Waals surface area contributed by atoms with Gasteiger partial charge in [-0.25, -0.2) is 0 Å². The molecule has 1 saturated carbocycles. The second-order valence-electron chi connectivity index (χ2n) is 4.42. The van der Waals surface area contributed by atoms with Crippen molar-refractivity contribution in [3.05, 3.63) is 0 Å². The predicted octanol–water partition coefficient (Wildman–Crippen LogP) is 1.69. The molecule has 86 valence electrons. The summed E-state index contributed by atoms with van der Waals surface area (Å²) >= 11 is 0. The smallest absolute Gasteiger partial charge is 0.303 e. The first-order chi connectivity index (χ1) is 7.04. The molecule has 0 radical (unpaired) electrons. The fourth-order valence-electron chi connectivity index (χ4n) is 2.44. The number of hydrogen-bond donors (Lipinski definition) is 2. The third-order valence-electron chi connectivity index (χ3n) is 3.05. The highest BCUT2D eigenvalue weighted by molar-refractivity contribution is 5.73. The van der Waals surface area contributed by atoms with Crippen LogP contribution in [0.2, 0.25) is 0 Å². The van der Waals surface area contributed by atoms with Gasteiger partial charge in [0, 0.05) is 18.9 Å². The predicted molar refractivity (Wildman–Crippen MR) is 56.5 cm³/mol. The lowest BCUT2D eigenvalue weighted by molar-refractivity contribution is -0.137. The molecule has 0 spiro atoms. The van der Waals surface area contributed by atoms with Gasteiger partial charge in [-0.15, -0.1) is 0 Å². The topological polar surface area (TPSA) is 66.4 Å². The van der Waals surface area contributed by atoms with Gasteiger partial charge in [-0.3, -0.25) is 9.59 Å². The number of carboxylic acids is 1. The minimum Gasteiger partial charge on any atom is -0.481 e. The van der Waals surface area contributed by atoms with Gasteiger partial charge >= 0.3 is 5.97 Å². The van der Waals surface area contributed by atoms with Crippen LogP contribution in [0, 0.1) is 0 Å². The molecule has 0 aromatic carbocycles. The Labute approximate surface area is 90.0 Å². The lowest BCUT2D eigenvalue weighted by Crippen LogP contribution is -2.45. The molecule has 0 heterocycles. The number of hydrogen-bond acceptors (Lipinski definition) is 2. The van der Waals surface area contributed by atoms with Crippen molar-refractivity contribution in [2.75, 3.05) is 0 Å². The summed E-state index contributed by atoms with van der Waals surface area (Å²) in [6.45, 7) is 1.53. The fraction of sp³-hybridized carbons (Fsp3) is 0.818. The van der Waals surface area contributed by atoms with Gasteiger partial charge in [-0.05, 0) is 25.7 Å². The van der Waals surface area contributed by atoms with Gasteiger partial charge < -0.3 is 10.4 Å². The van der Waals surface area contributed by atoms with Crippen molar-refractivity contribution in [3.8, 4) is 0 Å². The minimum absolute atomic E-state index is 0.00720. The summed E-state index contributed by atoms with van der Waals surface area (Å²) in [5.41, 5.74) is -0.110. The zero-order chi connectivity index (χ0) is 11.3. The number of carboxylic acid groups (broad SMARTS) is 1. The van der Waals surface area contributed by atoms with E-state index in [1.807, 2.05) is 0 Å². The normalized spacial score (nSPS) is 18.7. The molecule has 1 aliphatic carbocycles. The highest BCUT2D eigenvalue weighted by Gasteiger charge is 2.33. The first-order valence-corrected chi connectivity index (χ1v) is 5.55. The van der Waals surface area contributed by atoms with Crippen LogP contribution in [0.3, 0.4) is 0 Å². The van der Waals surface area contributed by atoms with E-state index in [4.69, 9.17) is 5.11 Å². The third kappa shape index (κ3) is 3.90. The number of aliphatic carboxylic acids is 1. The van der Waals surface area contributed by atoms with Crippen LogP contribution >= 0.6 is 0 Å². The maximum atomic E-state index is 11.1. The van der Waals surface area contributed by atoms with Crippen LogP contribution in [-0.2, 0) is 9.59 Å². The molecule has 4 nitrogen and oxygen atoms in total. The Morgan fingerprint density at radius 3 is 2.40 bits per heavy atom. The molecule has 0 aromatic rings. The third-order valence-corrected chi connectivity index (χ3v) is 3.05. The van der Waals surface area contributed by atoms with Gasteiger partial charge in [0.25, 0.3) is 0 Å². The molecule has 2 N–H and O–H groups in total. The van der Waals surface area contributed by atoms with Crippen LogP contribution in [0.5, 0.6) is 0 Å². The Morgan fingerprint density at radius 1 is 1.33 bits per heavy atom. The molecule has 0 atom stereocenters. The molecule has 0 aromatic heterocycles. The quantitative estimate of drug-likeness (QED) is 0.730. The molecular formula is C11H19NO3. The van der Waals surface area contributed by atoms with E-state index >= 15 is 0 Å². The average molecular weight is 213 g/mol. The Morgan fingerprint density at radius 2 is 1.93 bits per heavy atom. The second-order valence-corrected chi connectivity index (χ2v) is 4.42. The molecular weight excluding hydrogens is 194 g/mol. The summed E-state index contributed by atoms with van der Waals surface area (Å²) in [6.07, 6.45) is 5.88. The summed E-state index contributed by atoms with van der Waals surface area (Å²) in [5.74, 6) is -0.766. The summed E-state index contributed by atoms with van der Waals surface area (Å²) < 4.78 is 0. The van der Waals surface area contributed by atoms with Gasteiger partial charge in [0.1, 0.15) is 0 Å². The first-order valence-electron chi connectivity index (χ1n) is 5.55. The maximum absolute atomic E-state index is 11.1. The first kappa shape index (κ1) is 12.0. The molecule has 1 rings (SSSR count). The lowest BCUT2D eigenvalue weighted by atomic mass is 9.90. The van der Waals surface area contributed by atoms with E-state index in [9.17, 15) is 9.59 Å². The Bertz CT molecular complexity index is 244. The molecule has 1 fully saturated rings. The number of carbonyl (C=O) groups is 2. The largest absolute Gasteiger partial charge is 0.481 e. The minimum atomic E-state index is -0.758. The molecule has 4 heteroatoms. The number of rotatable bonds is 5. The van der Waals surface area contributed by atoms with E-state index in [2.05, 4.69) is 5.32 Å². The summed E-state index contributed by atoms with van der Waals surface area (Å²) in [4.78, 5) is 21.5. The molecule has 15 heavy (non-hydrogen) atoms. The molecule has 1 aliphatic rings. The van der Waals surface area contributed by atoms with E-state index < -0.39 is 5.97 Å². The van der Waals surface area contributed by atoms with Crippen LogP contribution in [0.25, 0.3) is 0 Å². The van der Waals surface area contributed by atoms with Crippen LogP contribution in [0.15, 0.2) is 0 Å². The van der Waals surface area contributed by atoms with Crippen molar-refractivity contribution in [1.82, 2.24) is 5.32 Å². The number of nitrogens with one attached hydrogen (secondary N) is 1. The summed E-state index contributed by atoms with van der Waals surface area (Å²) in [6, 6.07) is 0. The van der Waals surface area contributed by atoms with E-state index in [0.29, 0.717) is 6.42 Å². The summed E-state index contributed by atoms with van der Waals surface area (Å²) in [7, 11) is 0. The zero-order valence-electron chi connectivity index (χ0n) is 9.21. The van der Waals surface area contributed by atoms with E-state index in [1.54, 1.807) is 0 Å². The second kappa shape index (κ2) is 5.14. The standard InChI is InChI=1S/C11H19NO3/c1-9(13)12-11(6-2-3-7-11)8-4-5-10(14)15/h2-8H2,1H3,(H,12,13)(H,14,15). The van der Waals surface area contributed by atoms with Crippen LogP contribution in [0.1, 0.15) is 51.9 Å². The lowest BCUT2D eigenvalue weighted by Gasteiger charge is -2.29. The molecule has 0 aliphatic heterocycles. The van der Waals surface area contributed by atoms with Gasteiger partial charge in [-0.1, -0.05) is 12.8 Å². The van der Waals surface area contributed by atoms with E-state index in [-0.39, 0.29) is 17.9 Å². The Balaban J connectivity index is 2.42. The van der Waals surface area contributed by atoms with Gasteiger partial charge in [0.05, 0.1) is 0 Å². The molecule has 0 unspecified atom stereocenters. The Hall–Kier alpha value is -1.06. The molecule has 0 bridgehead atoms. The summed E-state index contributed by atoms with van der Waals surface area (Å²) in [5, 5.41) is 11.6. The Kier molecular flexibility index (Phi) is 4.12. The molecule has 1 amide bonds. The monoisotopic (exact) mass is 213 g/mol. The fourth-order valence-corrected chi connectivity index (χ4v) is 2.44.